The van der Waals surface area contributed by atoms with E-state index in [0.717, 1.165) is 43.3 Å². The van der Waals surface area contributed by atoms with Crippen molar-refractivity contribution in [2.75, 3.05) is 26.3 Å². The Kier molecular flexibility index (Phi) is 5.50. The van der Waals surface area contributed by atoms with Gasteiger partial charge in [-0.15, -0.1) is 0 Å². The first-order valence-corrected chi connectivity index (χ1v) is 9.32. The summed E-state index contributed by atoms with van der Waals surface area (Å²) in [6.07, 6.45) is 4.66. The number of nitrogens with zero attached hydrogens (tertiary/aromatic N) is 4. The minimum absolute atomic E-state index is 0.130. The zero-order chi connectivity index (χ0) is 19.3. The molecule has 4 rings (SSSR count). The molecule has 0 bridgehead atoms. The lowest BCUT2D eigenvalue weighted by atomic mass is 10.1. The molecule has 1 aliphatic rings. The van der Waals surface area contributed by atoms with Gasteiger partial charge in [-0.25, -0.2) is 9.67 Å². The topological polar surface area (TPSA) is 85.4 Å². The molecule has 8 heteroatoms. The van der Waals surface area contributed by atoms with Crippen molar-refractivity contribution >= 4 is 5.91 Å². The average Bonchev–Trinajstić information content (AvgIpc) is 3.41. The summed E-state index contributed by atoms with van der Waals surface area (Å²) in [5, 5.41) is 7.12. The van der Waals surface area contributed by atoms with E-state index in [1.165, 1.54) is 12.6 Å². The first-order valence-electron chi connectivity index (χ1n) is 9.32. The fourth-order valence-corrected chi connectivity index (χ4v) is 3.18. The van der Waals surface area contributed by atoms with Crippen LogP contribution in [0.5, 0.6) is 0 Å². The molecule has 1 aliphatic heterocycles. The summed E-state index contributed by atoms with van der Waals surface area (Å²) < 4.78 is 12.6. The van der Waals surface area contributed by atoms with Gasteiger partial charge in [0.1, 0.15) is 24.7 Å². The second kappa shape index (κ2) is 8.37. The number of aromatic nitrogens is 3. The van der Waals surface area contributed by atoms with E-state index < -0.39 is 0 Å². The van der Waals surface area contributed by atoms with Gasteiger partial charge in [-0.2, -0.15) is 5.10 Å². The molecule has 1 amide bonds. The summed E-state index contributed by atoms with van der Waals surface area (Å²) in [4.78, 5) is 18.8. The van der Waals surface area contributed by atoms with Gasteiger partial charge in [-0.3, -0.25) is 9.69 Å². The van der Waals surface area contributed by atoms with Crippen molar-refractivity contribution < 1.29 is 13.9 Å². The monoisotopic (exact) mass is 381 g/mol. The number of rotatable bonds is 6. The number of hydrogen-bond acceptors (Lipinski definition) is 6. The van der Waals surface area contributed by atoms with E-state index in [-0.39, 0.29) is 11.9 Å². The van der Waals surface area contributed by atoms with Gasteiger partial charge in [0, 0.05) is 13.1 Å². The van der Waals surface area contributed by atoms with Crippen molar-refractivity contribution in [3.63, 3.8) is 0 Å². The summed E-state index contributed by atoms with van der Waals surface area (Å²) in [6.45, 7) is 5.88. The van der Waals surface area contributed by atoms with Gasteiger partial charge in [0.05, 0.1) is 37.1 Å². The van der Waals surface area contributed by atoms with Crippen LogP contribution in [0.4, 0.5) is 0 Å². The van der Waals surface area contributed by atoms with Crippen LogP contribution in [0.15, 0.2) is 53.7 Å². The highest BCUT2D eigenvalue weighted by atomic mass is 16.5. The van der Waals surface area contributed by atoms with Crippen LogP contribution in [0, 0.1) is 0 Å². The fourth-order valence-electron chi connectivity index (χ4n) is 3.18. The molecule has 8 nitrogen and oxygen atoms in total. The molecular formula is C20H23N5O3. The van der Waals surface area contributed by atoms with Gasteiger partial charge in [-0.05, 0) is 30.7 Å². The molecule has 0 unspecified atom stereocenters. The van der Waals surface area contributed by atoms with Gasteiger partial charge in [0.2, 0.25) is 0 Å². The zero-order valence-corrected chi connectivity index (χ0v) is 15.7. The molecule has 0 aliphatic carbocycles. The second-order valence-electron chi connectivity index (χ2n) is 6.82. The third-order valence-electron chi connectivity index (χ3n) is 4.82. The number of carbonyl (C=O) groups is 1. The van der Waals surface area contributed by atoms with E-state index in [1.54, 1.807) is 11.0 Å². The first kappa shape index (κ1) is 18.4. The minimum atomic E-state index is -0.148. The molecule has 1 atom stereocenters. The molecule has 3 aromatic rings. The fraction of sp³-hybridized carbons (Fsp3) is 0.350. The molecule has 2 aromatic heterocycles. The van der Waals surface area contributed by atoms with Gasteiger partial charge in [0.15, 0.2) is 0 Å². The van der Waals surface area contributed by atoms with E-state index >= 15 is 0 Å². The molecule has 28 heavy (non-hydrogen) atoms. The number of morpholine rings is 1. The van der Waals surface area contributed by atoms with Gasteiger partial charge in [0.25, 0.3) is 5.91 Å². The van der Waals surface area contributed by atoms with Crippen LogP contribution in [0.25, 0.3) is 5.69 Å². The number of benzene rings is 1. The first-order chi connectivity index (χ1) is 13.7. The predicted octanol–water partition coefficient (Wildman–Crippen LogP) is 2.18. The lowest BCUT2D eigenvalue weighted by Gasteiger charge is -2.25. The highest BCUT2D eigenvalue weighted by Gasteiger charge is 2.17. The average molecular weight is 381 g/mol. The summed E-state index contributed by atoms with van der Waals surface area (Å²) in [5.41, 5.74) is 2.46. The molecule has 0 saturated carbocycles. The molecule has 146 valence electrons. The van der Waals surface area contributed by atoms with Crippen LogP contribution in [-0.4, -0.2) is 51.9 Å². The Morgan fingerprint density at radius 3 is 2.75 bits per heavy atom. The molecule has 1 aromatic carbocycles. The lowest BCUT2D eigenvalue weighted by molar-refractivity contribution is 0.0313. The summed E-state index contributed by atoms with van der Waals surface area (Å²) in [7, 11) is 0. The number of furan rings is 1. The van der Waals surface area contributed by atoms with Crippen LogP contribution in [0.2, 0.25) is 0 Å². The van der Waals surface area contributed by atoms with Gasteiger partial charge in [-0.1, -0.05) is 12.1 Å². The van der Waals surface area contributed by atoms with E-state index in [2.05, 4.69) is 20.3 Å². The van der Waals surface area contributed by atoms with Crippen molar-refractivity contribution in [2.24, 2.45) is 0 Å². The van der Waals surface area contributed by atoms with E-state index in [0.29, 0.717) is 12.1 Å². The third-order valence-corrected chi connectivity index (χ3v) is 4.82. The number of hydrogen-bond donors (Lipinski definition) is 1. The Labute approximate surface area is 163 Å². The van der Waals surface area contributed by atoms with Crippen LogP contribution in [0.3, 0.4) is 0 Å². The predicted molar refractivity (Wildman–Crippen MR) is 102 cm³/mol. The molecule has 1 fully saturated rings. The highest BCUT2D eigenvalue weighted by Crippen LogP contribution is 2.17. The maximum Gasteiger partial charge on any atom is 0.255 e. The molecule has 0 spiro atoms. The maximum absolute atomic E-state index is 12.6. The Morgan fingerprint density at radius 2 is 2.04 bits per heavy atom. The Hall–Kier alpha value is -2.97. The quantitative estimate of drug-likeness (QED) is 0.704. The van der Waals surface area contributed by atoms with E-state index in [1.807, 2.05) is 37.3 Å². The SMILES string of the molecule is C[C@H](NC(=O)c1coc(CN2CCOCC2)c1)c1ccc(-n2cncn2)cc1. The van der Waals surface area contributed by atoms with E-state index in [4.69, 9.17) is 9.15 Å². The zero-order valence-electron chi connectivity index (χ0n) is 15.7. The number of ether oxygens (including phenoxy) is 1. The summed E-state index contributed by atoms with van der Waals surface area (Å²) in [6, 6.07) is 9.53. The number of amides is 1. The molecule has 1 N–H and O–H groups in total. The number of carbonyl (C=O) groups excluding carboxylic acids is 1. The van der Waals surface area contributed by atoms with Gasteiger partial charge < -0.3 is 14.5 Å². The van der Waals surface area contributed by atoms with Gasteiger partial charge >= 0.3 is 0 Å². The van der Waals surface area contributed by atoms with Crippen molar-refractivity contribution in [1.82, 2.24) is 25.0 Å². The normalized spacial score (nSPS) is 16.0. The van der Waals surface area contributed by atoms with Crippen LogP contribution in [-0.2, 0) is 11.3 Å². The van der Waals surface area contributed by atoms with Crippen molar-refractivity contribution in [3.8, 4) is 5.69 Å². The third kappa shape index (κ3) is 4.29. The van der Waals surface area contributed by atoms with Crippen LogP contribution in [0.1, 0.15) is 34.6 Å². The maximum atomic E-state index is 12.6. The highest BCUT2D eigenvalue weighted by molar-refractivity contribution is 5.94. The van der Waals surface area contributed by atoms with Crippen molar-refractivity contribution in [3.05, 3.63) is 66.1 Å². The lowest BCUT2D eigenvalue weighted by Crippen LogP contribution is -2.35. The number of nitrogens with one attached hydrogen (secondary N) is 1. The smallest absolute Gasteiger partial charge is 0.255 e. The minimum Gasteiger partial charge on any atom is -0.467 e. The molecule has 3 heterocycles. The van der Waals surface area contributed by atoms with Crippen molar-refractivity contribution in [2.45, 2.75) is 19.5 Å². The standard InChI is InChI=1S/C20H23N5O3/c1-15(16-2-4-18(5-3-16)25-14-21-13-22-25)23-20(26)17-10-19(28-12-17)11-24-6-8-27-9-7-24/h2-5,10,12-15H,6-9,11H2,1H3,(H,23,26)/t15-/m0/s1. The van der Waals surface area contributed by atoms with Crippen molar-refractivity contribution in [1.29, 1.82) is 0 Å². The summed E-state index contributed by atoms with van der Waals surface area (Å²) in [5.74, 6) is 0.640. The Morgan fingerprint density at radius 1 is 1.25 bits per heavy atom. The summed E-state index contributed by atoms with van der Waals surface area (Å²) >= 11 is 0. The molecular weight excluding hydrogens is 358 g/mol. The van der Waals surface area contributed by atoms with Crippen LogP contribution < -0.4 is 5.32 Å². The van der Waals surface area contributed by atoms with E-state index in [9.17, 15) is 4.79 Å². The second-order valence-corrected chi connectivity index (χ2v) is 6.82. The Balaban J connectivity index is 1.35. The largest absolute Gasteiger partial charge is 0.467 e. The molecule has 1 saturated heterocycles. The Bertz CT molecular complexity index is 898. The van der Waals surface area contributed by atoms with Crippen LogP contribution >= 0.6 is 0 Å². The molecule has 0 radical (unpaired) electrons.